The van der Waals surface area contributed by atoms with Crippen LogP contribution in [-0.4, -0.2) is 42.8 Å². The highest BCUT2D eigenvalue weighted by molar-refractivity contribution is 4.99. The second kappa shape index (κ2) is 3.80. The largest absolute Gasteiger partial charge is 0.381 e. The van der Waals surface area contributed by atoms with E-state index in [0.29, 0.717) is 6.10 Å². The summed E-state index contributed by atoms with van der Waals surface area (Å²) < 4.78 is 5.43. The van der Waals surface area contributed by atoms with Crippen LogP contribution in [0.3, 0.4) is 0 Å². The molecular weight excluding hydrogens is 176 g/mol. The third-order valence-corrected chi connectivity index (χ3v) is 3.58. The predicted molar refractivity (Wildman–Crippen MR) is 57.2 cm³/mol. The van der Waals surface area contributed by atoms with Gasteiger partial charge in [0.05, 0.1) is 6.10 Å². The van der Waals surface area contributed by atoms with Crippen LogP contribution in [0.25, 0.3) is 0 Å². The monoisotopic (exact) mass is 198 g/mol. The maximum atomic E-state index is 6.01. The fourth-order valence-electron chi connectivity index (χ4n) is 2.81. The van der Waals surface area contributed by atoms with Crippen LogP contribution in [0, 0.1) is 0 Å². The maximum absolute atomic E-state index is 6.01. The lowest BCUT2D eigenvalue weighted by Gasteiger charge is -2.51. The zero-order chi connectivity index (χ0) is 10.2. The Kier molecular flexibility index (Phi) is 2.82. The van der Waals surface area contributed by atoms with Gasteiger partial charge in [-0.05, 0) is 32.6 Å². The topological polar surface area (TPSA) is 38.5 Å². The normalized spacial score (nSPS) is 37.9. The number of hydrogen-bond acceptors (Lipinski definition) is 3. The standard InChI is InChI=1S/C11H22N2O/c1-11(12)7-13(8-11)9-4-3-5-10(6-9)14-2/h9-10H,3-8,12H2,1-2H3. The summed E-state index contributed by atoms with van der Waals surface area (Å²) in [5, 5.41) is 0. The van der Waals surface area contributed by atoms with Gasteiger partial charge in [-0.3, -0.25) is 4.90 Å². The molecule has 1 heterocycles. The van der Waals surface area contributed by atoms with Crippen LogP contribution in [0.5, 0.6) is 0 Å². The van der Waals surface area contributed by atoms with Crippen LogP contribution in [0.2, 0.25) is 0 Å². The molecule has 14 heavy (non-hydrogen) atoms. The van der Waals surface area contributed by atoms with Crippen molar-refractivity contribution in [3.8, 4) is 0 Å². The molecule has 3 heteroatoms. The van der Waals surface area contributed by atoms with E-state index in [4.69, 9.17) is 10.5 Å². The van der Waals surface area contributed by atoms with Gasteiger partial charge in [0.2, 0.25) is 0 Å². The molecule has 2 aliphatic rings. The van der Waals surface area contributed by atoms with Crippen LogP contribution < -0.4 is 5.73 Å². The van der Waals surface area contributed by atoms with Crippen molar-refractivity contribution in [2.45, 2.75) is 50.3 Å². The Labute approximate surface area is 86.6 Å². The molecule has 0 amide bonds. The summed E-state index contributed by atoms with van der Waals surface area (Å²) in [7, 11) is 1.83. The lowest BCUT2D eigenvalue weighted by Crippen LogP contribution is -2.68. The zero-order valence-corrected chi connectivity index (χ0v) is 9.33. The Bertz CT molecular complexity index is 197. The highest BCUT2D eigenvalue weighted by atomic mass is 16.5. The molecule has 1 saturated carbocycles. The van der Waals surface area contributed by atoms with Gasteiger partial charge in [0, 0.05) is 31.8 Å². The highest BCUT2D eigenvalue weighted by Gasteiger charge is 2.40. The number of hydrogen-bond donors (Lipinski definition) is 1. The Morgan fingerprint density at radius 2 is 2.07 bits per heavy atom. The highest BCUT2D eigenvalue weighted by Crippen LogP contribution is 2.30. The van der Waals surface area contributed by atoms with E-state index in [1.54, 1.807) is 0 Å². The Hall–Kier alpha value is -0.120. The molecule has 0 spiro atoms. The quantitative estimate of drug-likeness (QED) is 0.719. The Morgan fingerprint density at radius 1 is 1.36 bits per heavy atom. The molecule has 0 aromatic rings. The minimum absolute atomic E-state index is 0.0695. The maximum Gasteiger partial charge on any atom is 0.0586 e. The third kappa shape index (κ3) is 2.10. The Morgan fingerprint density at radius 3 is 2.64 bits per heavy atom. The summed E-state index contributed by atoms with van der Waals surface area (Å²) in [4.78, 5) is 2.52. The van der Waals surface area contributed by atoms with Crippen molar-refractivity contribution in [2.24, 2.45) is 5.73 Å². The van der Waals surface area contributed by atoms with Crippen LogP contribution in [-0.2, 0) is 4.74 Å². The molecule has 2 atom stereocenters. The van der Waals surface area contributed by atoms with E-state index in [1.807, 2.05) is 7.11 Å². The van der Waals surface area contributed by atoms with Gasteiger partial charge in [-0.15, -0.1) is 0 Å². The van der Waals surface area contributed by atoms with Crippen LogP contribution in [0.4, 0.5) is 0 Å². The van der Waals surface area contributed by atoms with Gasteiger partial charge in [-0.2, -0.15) is 0 Å². The fourth-order valence-corrected chi connectivity index (χ4v) is 2.81. The Balaban J connectivity index is 1.81. The molecule has 0 aromatic carbocycles. The summed E-state index contributed by atoms with van der Waals surface area (Å²) in [5.74, 6) is 0. The minimum Gasteiger partial charge on any atom is -0.381 e. The number of methoxy groups -OCH3 is 1. The fraction of sp³-hybridized carbons (Fsp3) is 1.00. The first-order valence-electron chi connectivity index (χ1n) is 5.66. The van der Waals surface area contributed by atoms with Gasteiger partial charge in [0.25, 0.3) is 0 Å². The molecule has 2 N–H and O–H groups in total. The molecule has 1 aliphatic carbocycles. The van der Waals surface area contributed by atoms with Crippen molar-refractivity contribution in [1.29, 1.82) is 0 Å². The number of likely N-dealkylation sites (tertiary alicyclic amines) is 1. The lowest BCUT2D eigenvalue weighted by molar-refractivity contribution is -0.0197. The van der Waals surface area contributed by atoms with Crippen molar-refractivity contribution in [3.63, 3.8) is 0 Å². The first-order chi connectivity index (χ1) is 6.61. The predicted octanol–water partition coefficient (Wildman–Crippen LogP) is 0.977. The van der Waals surface area contributed by atoms with Gasteiger partial charge in [0.1, 0.15) is 0 Å². The van der Waals surface area contributed by atoms with Gasteiger partial charge >= 0.3 is 0 Å². The average Bonchev–Trinajstić information content (AvgIpc) is 2.14. The van der Waals surface area contributed by atoms with Crippen molar-refractivity contribution >= 4 is 0 Å². The molecule has 82 valence electrons. The first kappa shape index (κ1) is 10.4. The van der Waals surface area contributed by atoms with E-state index in [-0.39, 0.29) is 5.54 Å². The van der Waals surface area contributed by atoms with E-state index >= 15 is 0 Å². The summed E-state index contributed by atoms with van der Waals surface area (Å²) in [6.45, 7) is 4.27. The molecule has 2 unspecified atom stereocenters. The molecule has 2 rings (SSSR count). The number of nitrogens with two attached hydrogens (primary N) is 1. The molecule has 0 radical (unpaired) electrons. The van der Waals surface area contributed by atoms with E-state index in [2.05, 4.69) is 11.8 Å². The summed E-state index contributed by atoms with van der Waals surface area (Å²) in [6, 6.07) is 0.727. The molecule has 0 aromatic heterocycles. The first-order valence-corrected chi connectivity index (χ1v) is 5.66. The van der Waals surface area contributed by atoms with Gasteiger partial charge < -0.3 is 10.5 Å². The SMILES string of the molecule is COC1CCCC(N2CC(C)(N)C2)C1. The molecule has 2 fully saturated rings. The third-order valence-electron chi connectivity index (χ3n) is 3.58. The number of nitrogens with zero attached hydrogens (tertiary/aromatic N) is 1. The second-order valence-electron chi connectivity index (χ2n) is 5.24. The van der Waals surface area contributed by atoms with Crippen LogP contribution in [0.1, 0.15) is 32.6 Å². The second-order valence-corrected chi connectivity index (χ2v) is 5.24. The summed E-state index contributed by atoms with van der Waals surface area (Å²) >= 11 is 0. The average molecular weight is 198 g/mol. The van der Waals surface area contributed by atoms with Gasteiger partial charge in [-0.1, -0.05) is 0 Å². The lowest BCUT2D eigenvalue weighted by atomic mass is 9.85. The summed E-state index contributed by atoms with van der Waals surface area (Å²) in [5.41, 5.74) is 6.08. The minimum atomic E-state index is 0.0695. The zero-order valence-electron chi connectivity index (χ0n) is 9.33. The number of rotatable bonds is 2. The van der Waals surface area contributed by atoms with Gasteiger partial charge in [-0.25, -0.2) is 0 Å². The van der Waals surface area contributed by atoms with Crippen molar-refractivity contribution < 1.29 is 4.74 Å². The van der Waals surface area contributed by atoms with Crippen molar-refractivity contribution in [3.05, 3.63) is 0 Å². The van der Waals surface area contributed by atoms with Crippen LogP contribution in [0.15, 0.2) is 0 Å². The van der Waals surface area contributed by atoms with Gasteiger partial charge in [0.15, 0.2) is 0 Å². The molecule has 3 nitrogen and oxygen atoms in total. The molecular formula is C11H22N2O. The van der Waals surface area contributed by atoms with E-state index < -0.39 is 0 Å². The molecule has 1 saturated heterocycles. The van der Waals surface area contributed by atoms with E-state index in [0.717, 1.165) is 19.1 Å². The van der Waals surface area contributed by atoms with E-state index in [9.17, 15) is 0 Å². The summed E-state index contributed by atoms with van der Waals surface area (Å²) in [6.07, 6.45) is 5.56. The number of ether oxygens (including phenoxy) is 1. The smallest absolute Gasteiger partial charge is 0.0586 e. The van der Waals surface area contributed by atoms with Crippen molar-refractivity contribution in [2.75, 3.05) is 20.2 Å². The molecule has 1 aliphatic heterocycles. The van der Waals surface area contributed by atoms with Crippen molar-refractivity contribution in [1.82, 2.24) is 4.90 Å². The molecule has 0 bridgehead atoms. The van der Waals surface area contributed by atoms with E-state index in [1.165, 1.54) is 25.7 Å². The van der Waals surface area contributed by atoms with Crippen LogP contribution >= 0.6 is 0 Å².